The van der Waals surface area contributed by atoms with Gasteiger partial charge in [0.15, 0.2) is 0 Å². The molecule has 1 aromatic carbocycles. The van der Waals surface area contributed by atoms with Crippen LogP contribution in [0.15, 0.2) is 36.5 Å². The maximum Gasteiger partial charge on any atom is 0.121 e. The lowest BCUT2D eigenvalue weighted by Gasteiger charge is -2.15. The molecular formula is C13H16N2O. The van der Waals surface area contributed by atoms with Gasteiger partial charge in [-0.15, -0.1) is 0 Å². The Hall–Kier alpha value is -1.61. The zero-order valence-corrected chi connectivity index (χ0v) is 9.39. The van der Waals surface area contributed by atoms with Gasteiger partial charge in [0.25, 0.3) is 0 Å². The van der Waals surface area contributed by atoms with Gasteiger partial charge in [0, 0.05) is 24.2 Å². The number of ether oxygens (including phenoxy) is 1. The Morgan fingerprint density at radius 1 is 1.38 bits per heavy atom. The zero-order valence-electron chi connectivity index (χ0n) is 9.39. The van der Waals surface area contributed by atoms with E-state index in [1.807, 2.05) is 30.3 Å². The number of pyridine rings is 1. The summed E-state index contributed by atoms with van der Waals surface area (Å²) in [6.45, 7) is 2.60. The Balaban J connectivity index is 2.25. The molecule has 2 N–H and O–H groups in total. The van der Waals surface area contributed by atoms with E-state index in [9.17, 15) is 0 Å². The molecule has 1 heterocycles. The predicted octanol–water partition coefficient (Wildman–Crippen LogP) is 2.35. The third kappa shape index (κ3) is 2.31. The van der Waals surface area contributed by atoms with Crippen LogP contribution in [-0.4, -0.2) is 17.6 Å². The highest BCUT2D eigenvalue weighted by Gasteiger charge is 2.05. The quantitative estimate of drug-likeness (QED) is 0.853. The molecule has 0 fully saturated rings. The van der Waals surface area contributed by atoms with Crippen LogP contribution in [-0.2, 0) is 0 Å². The monoisotopic (exact) mass is 216 g/mol. The normalized spacial score (nSPS) is 12.6. The summed E-state index contributed by atoms with van der Waals surface area (Å²) in [4.78, 5) is 4.29. The molecule has 16 heavy (non-hydrogen) atoms. The van der Waals surface area contributed by atoms with E-state index < -0.39 is 0 Å². The van der Waals surface area contributed by atoms with Crippen LogP contribution in [0.3, 0.4) is 0 Å². The van der Waals surface area contributed by atoms with E-state index in [2.05, 4.69) is 11.9 Å². The largest absolute Gasteiger partial charge is 0.489 e. The molecule has 0 saturated heterocycles. The minimum atomic E-state index is 0.0844. The maximum absolute atomic E-state index is 5.76. The molecule has 1 unspecified atom stereocenters. The molecule has 0 aliphatic rings. The smallest absolute Gasteiger partial charge is 0.121 e. The fourth-order valence-electron chi connectivity index (χ4n) is 1.61. The summed E-state index contributed by atoms with van der Waals surface area (Å²) in [6.07, 6.45) is 2.78. The first-order chi connectivity index (χ1) is 7.83. The van der Waals surface area contributed by atoms with Gasteiger partial charge in [-0.1, -0.05) is 13.0 Å². The Kier molecular flexibility index (Phi) is 3.37. The number of rotatable bonds is 4. The van der Waals surface area contributed by atoms with E-state index in [0.717, 1.165) is 23.1 Å². The van der Waals surface area contributed by atoms with Crippen LogP contribution in [0, 0.1) is 0 Å². The van der Waals surface area contributed by atoms with Crippen molar-refractivity contribution in [2.75, 3.05) is 6.54 Å². The summed E-state index contributed by atoms with van der Waals surface area (Å²) in [5.41, 5.74) is 6.55. The first-order valence-electron chi connectivity index (χ1n) is 5.55. The number of aromatic nitrogens is 1. The lowest BCUT2D eigenvalue weighted by atomic mass is 10.2. The molecular weight excluding hydrogens is 200 g/mol. The van der Waals surface area contributed by atoms with Crippen molar-refractivity contribution in [2.24, 2.45) is 5.73 Å². The number of nitrogens with zero attached hydrogens (tertiary/aromatic N) is 1. The second-order valence-corrected chi connectivity index (χ2v) is 3.74. The molecule has 0 aliphatic heterocycles. The molecule has 0 amide bonds. The first-order valence-corrected chi connectivity index (χ1v) is 5.55. The van der Waals surface area contributed by atoms with E-state index in [0.29, 0.717) is 6.54 Å². The number of nitrogens with two attached hydrogens (primary N) is 1. The van der Waals surface area contributed by atoms with Gasteiger partial charge in [-0.3, -0.25) is 4.98 Å². The number of fused-ring (bicyclic) bond motifs is 1. The second-order valence-electron chi connectivity index (χ2n) is 3.74. The topological polar surface area (TPSA) is 48.1 Å². The van der Waals surface area contributed by atoms with E-state index in [1.165, 1.54) is 0 Å². The van der Waals surface area contributed by atoms with Gasteiger partial charge < -0.3 is 10.5 Å². The summed E-state index contributed by atoms with van der Waals surface area (Å²) in [5, 5.41) is 1.12. The highest BCUT2D eigenvalue weighted by Crippen LogP contribution is 2.20. The highest BCUT2D eigenvalue weighted by molar-refractivity contribution is 5.79. The van der Waals surface area contributed by atoms with E-state index in [1.54, 1.807) is 6.20 Å². The number of hydrogen-bond acceptors (Lipinski definition) is 3. The van der Waals surface area contributed by atoms with Crippen LogP contribution in [0.5, 0.6) is 5.75 Å². The number of hydrogen-bond donors (Lipinski definition) is 1. The van der Waals surface area contributed by atoms with E-state index in [4.69, 9.17) is 10.5 Å². The van der Waals surface area contributed by atoms with Crippen LogP contribution >= 0.6 is 0 Å². The van der Waals surface area contributed by atoms with Crippen molar-refractivity contribution < 1.29 is 4.74 Å². The van der Waals surface area contributed by atoms with Crippen molar-refractivity contribution >= 4 is 10.9 Å². The molecule has 0 bridgehead atoms. The van der Waals surface area contributed by atoms with Crippen molar-refractivity contribution in [1.29, 1.82) is 0 Å². The van der Waals surface area contributed by atoms with Gasteiger partial charge in [0.1, 0.15) is 11.9 Å². The Morgan fingerprint density at radius 3 is 3.00 bits per heavy atom. The van der Waals surface area contributed by atoms with Crippen LogP contribution in [0.4, 0.5) is 0 Å². The molecule has 1 aromatic heterocycles. The van der Waals surface area contributed by atoms with Crippen molar-refractivity contribution in [3.63, 3.8) is 0 Å². The Morgan fingerprint density at radius 2 is 2.25 bits per heavy atom. The number of benzene rings is 1. The van der Waals surface area contributed by atoms with Gasteiger partial charge in [-0.05, 0) is 24.6 Å². The molecule has 1 atom stereocenters. The SMILES string of the molecule is CCC(CN)Oc1ccc2cccnc2c1. The second kappa shape index (κ2) is 4.94. The van der Waals surface area contributed by atoms with Crippen LogP contribution < -0.4 is 10.5 Å². The van der Waals surface area contributed by atoms with Crippen LogP contribution in [0.1, 0.15) is 13.3 Å². The van der Waals surface area contributed by atoms with Crippen LogP contribution in [0.25, 0.3) is 10.9 Å². The Labute approximate surface area is 95.2 Å². The zero-order chi connectivity index (χ0) is 11.4. The molecule has 0 spiro atoms. The summed E-state index contributed by atoms with van der Waals surface area (Å²) in [5.74, 6) is 0.837. The third-order valence-electron chi connectivity index (χ3n) is 2.60. The van der Waals surface area contributed by atoms with Gasteiger partial charge in [0.2, 0.25) is 0 Å². The Bertz CT molecular complexity index is 466. The summed E-state index contributed by atoms with van der Waals surface area (Å²) < 4.78 is 5.76. The van der Waals surface area contributed by atoms with E-state index in [-0.39, 0.29) is 6.10 Å². The summed E-state index contributed by atoms with van der Waals surface area (Å²) in [6, 6.07) is 9.89. The molecule has 0 saturated carbocycles. The molecule has 0 aliphatic carbocycles. The average Bonchev–Trinajstić information content (AvgIpc) is 2.35. The van der Waals surface area contributed by atoms with Crippen molar-refractivity contribution in [3.05, 3.63) is 36.5 Å². The summed E-state index contributed by atoms with van der Waals surface area (Å²) >= 11 is 0. The molecule has 3 heteroatoms. The van der Waals surface area contributed by atoms with Gasteiger partial charge in [-0.2, -0.15) is 0 Å². The standard InChI is InChI=1S/C13H16N2O/c1-2-11(9-14)16-12-6-5-10-4-3-7-15-13(10)8-12/h3-8,11H,2,9,14H2,1H3. The predicted molar refractivity (Wildman–Crippen MR) is 65.5 cm³/mol. The fraction of sp³-hybridized carbons (Fsp3) is 0.308. The lowest BCUT2D eigenvalue weighted by molar-refractivity contribution is 0.205. The molecule has 2 aromatic rings. The van der Waals surface area contributed by atoms with Gasteiger partial charge in [0.05, 0.1) is 5.52 Å². The molecule has 3 nitrogen and oxygen atoms in total. The molecule has 0 radical (unpaired) electrons. The lowest BCUT2D eigenvalue weighted by Crippen LogP contribution is -2.25. The van der Waals surface area contributed by atoms with Crippen molar-refractivity contribution in [2.45, 2.75) is 19.4 Å². The third-order valence-corrected chi connectivity index (χ3v) is 2.60. The van der Waals surface area contributed by atoms with Crippen LogP contribution in [0.2, 0.25) is 0 Å². The van der Waals surface area contributed by atoms with Gasteiger partial charge >= 0.3 is 0 Å². The minimum absolute atomic E-state index is 0.0844. The van der Waals surface area contributed by atoms with Gasteiger partial charge in [-0.25, -0.2) is 0 Å². The highest BCUT2D eigenvalue weighted by atomic mass is 16.5. The first kappa shape index (κ1) is 10.9. The fourth-order valence-corrected chi connectivity index (χ4v) is 1.61. The minimum Gasteiger partial charge on any atom is -0.489 e. The summed E-state index contributed by atoms with van der Waals surface area (Å²) in [7, 11) is 0. The van der Waals surface area contributed by atoms with E-state index >= 15 is 0 Å². The molecule has 84 valence electrons. The van der Waals surface area contributed by atoms with Crippen molar-refractivity contribution in [1.82, 2.24) is 4.98 Å². The molecule has 2 rings (SSSR count). The average molecular weight is 216 g/mol. The maximum atomic E-state index is 5.76. The van der Waals surface area contributed by atoms with Crippen molar-refractivity contribution in [3.8, 4) is 5.75 Å².